The number of thiazole rings is 1. The van der Waals surface area contributed by atoms with Gasteiger partial charge in [-0.2, -0.15) is 0 Å². The first-order chi connectivity index (χ1) is 11.5. The van der Waals surface area contributed by atoms with E-state index >= 15 is 0 Å². The molecule has 0 radical (unpaired) electrons. The van der Waals surface area contributed by atoms with Crippen LogP contribution in [0.4, 0.5) is 5.13 Å². The van der Waals surface area contributed by atoms with Crippen molar-refractivity contribution in [3.05, 3.63) is 41.2 Å². The van der Waals surface area contributed by atoms with Crippen molar-refractivity contribution in [2.75, 3.05) is 5.32 Å². The van der Waals surface area contributed by atoms with Crippen LogP contribution in [0.25, 0.3) is 0 Å². The SMILES string of the molecule is CC(=O)c1csc(NC(=O)[C@@H](C)NC(=O)CCc2ccccn2)n1. The minimum atomic E-state index is -0.703. The molecule has 0 aliphatic carbocycles. The number of hydrogen-bond donors (Lipinski definition) is 2. The summed E-state index contributed by atoms with van der Waals surface area (Å²) in [6.07, 6.45) is 2.43. The van der Waals surface area contributed by atoms with Crippen LogP contribution in [0.5, 0.6) is 0 Å². The third-order valence-electron chi connectivity index (χ3n) is 3.20. The first-order valence-electron chi connectivity index (χ1n) is 7.42. The zero-order valence-electron chi connectivity index (χ0n) is 13.4. The van der Waals surface area contributed by atoms with Gasteiger partial charge in [-0.25, -0.2) is 4.98 Å². The van der Waals surface area contributed by atoms with Crippen molar-refractivity contribution in [1.82, 2.24) is 15.3 Å². The van der Waals surface area contributed by atoms with Crippen molar-refractivity contribution in [3.8, 4) is 0 Å². The number of amides is 2. The minimum Gasteiger partial charge on any atom is -0.345 e. The van der Waals surface area contributed by atoms with Crippen molar-refractivity contribution in [3.63, 3.8) is 0 Å². The van der Waals surface area contributed by atoms with E-state index in [1.54, 1.807) is 18.5 Å². The number of nitrogens with one attached hydrogen (secondary N) is 2. The summed E-state index contributed by atoms with van der Waals surface area (Å²) in [4.78, 5) is 43.3. The van der Waals surface area contributed by atoms with Gasteiger partial charge in [-0.1, -0.05) is 6.07 Å². The van der Waals surface area contributed by atoms with E-state index in [0.29, 0.717) is 17.2 Å². The zero-order valence-corrected chi connectivity index (χ0v) is 14.2. The molecule has 0 saturated heterocycles. The predicted molar refractivity (Wildman–Crippen MR) is 90.9 cm³/mol. The molecule has 2 aromatic rings. The van der Waals surface area contributed by atoms with E-state index in [-0.39, 0.29) is 24.0 Å². The van der Waals surface area contributed by atoms with Crippen LogP contribution in [0.1, 0.15) is 36.5 Å². The van der Waals surface area contributed by atoms with Crippen molar-refractivity contribution in [2.45, 2.75) is 32.7 Å². The van der Waals surface area contributed by atoms with Gasteiger partial charge in [-0.3, -0.25) is 19.4 Å². The molecule has 2 heterocycles. The summed E-state index contributed by atoms with van der Waals surface area (Å²) in [5.41, 5.74) is 1.13. The highest BCUT2D eigenvalue weighted by atomic mass is 32.1. The molecule has 24 heavy (non-hydrogen) atoms. The van der Waals surface area contributed by atoms with Gasteiger partial charge < -0.3 is 10.6 Å². The standard InChI is InChI=1S/C16H18N4O3S/c1-10(15(23)20-16-19-13(9-24-16)11(2)21)18-14(22)7-6-12-5-3-4-8-17-12/h3-5,8-10H,6-7H2,1-2H3,(H,18,22)(H,19,20,23)/t10-/m1/s1. The average molecular weight is 346 g/mol. The van der Waals surface area contributed by atoms with Gasteiger partial charge in [0.05, 0.1) is 0 Å². The Balaban J connectivity index is 1.79. The Morgan fingerprint density at radius 3 is 2.71 bits per heavy atom. The maximum absolute atomic E-state index is 12.0. The van der Waals surface area contributed by atoms with E-state index < -0.39 is 6.04 Å². The van der Waals surface area contributed by atoms with Crippen LogP contribution in [0.15, 0.2) is 29.8 Å². The highest BCUT2D eigenvalue weighted by Gasteiger charge is 2.17. The topological polar surface area (TPSA) is 101 Å². The molecule has 0 fully saturated rings. The molecule has 2 N–H and O–H groups in total. The molecule has 0 aliphatic heterocycles. The molecule has 0 unspecified atom stereocenters. The molecule has 0 spiro atoms. The summed E-state index contributed by atoms with van der Waals surface area (Å²) in [6, 6.07) is 4.82. The molecule has 1 atom stereocenters. The van der Waals surface area contributed by atoms with Crippen LogP contribution in [0, 0.1) is 0 Å². The molecule has 2 rings (SSSR count). The molecule has 126 valence electrons. The lowest BCUT2D eigenvalue weighted by Gasteiger charge is -2.12. The molecule has 7 nitrogen and oxygen atoms in total. The van der Waals surface area contributed by atoms with Gasteiger partial charge in [0, 0.05) is 30.6 Å². The normalized spacial score (nSPS) is 11.6. The number of pyridine rings is 1. The van der Waals surface area contributed by atoms with Gasteiger partial charge in [0.25, 0.3) is 0 Å². The second-order valence-electron chi connectivity index (χ2n) is 5.19. The first-order valence-corrected chi connectivity index (χ1v) is 8.30. The number of hydrogen-bond acceptors (Lipinski definition) is 6. The summed E-state index contributed by atoms with van der Waals surface area (Å²) in [7, 11) is 0. The number of carbonyl (C=O) groups is 3. The molecular formula is C16H18N4O3S. The molecule has 2 amide bonds. The molecule has 0 saturated carbocycles. The van der Waals surface area contributed by atoms with Crippen molar-refractivity contribution < 1.29 is 14.4 Å². The van der Waals surface area contributed by atoms with Gasteiger partial charge in [0.1, 0.15) is 11.7 Å². The van der Waals surface area contributed by atoms with Crippen molar-refractivity contribution in [1.29, 1.82) is 0 Å². The molecule has 0 aliphatic rings. The first kappa shape index (κ1) is 17.7. The number of carbonyl (C=O) groups excluding carboxylic acids is 3. The fourth-order valence-electron chi connectivity index (χ4n) is 1.87. The van der Waals surface area contributed by atoms with Gasteiger partial charge in [0.2, 0.25) is 11.8 Å². The van der Waals surface area contributed by atoms with Crippen molar-refractivity contribution >= 4 is 34.1 Å². The number of aryl methyl sites for hydroxylation is 1. The summed E-state index contributed by atoms with van der Waals surface area (Å²) >= 11 is 1.17. The summed E-state index contributed by atoms with van der Waals surface area (Å²) < 4.78 is 0. The Labute approximate surface area is 143 Å². The van der Waals surface area contributed by atoms with E-state index in [1.807, 2.05) is 18.2 Å². The van der Waals surface area contributed by atoms with Gasteiger partial charge in [0.15, 0.2) is 10.9 Å². The number of nitrogens with zero attached hydrogens (tertiary/aromatic N) is 2. The monoisotopic (exact) mass is 346 g/mol. The summed E-state index contributed by atoms with van der Waals surface area (Å²) in [5, 5.41) is 7.13. The van der Waals surface area contributed by atoms with E-state index in [2.05, 4.69) is 20.6 Å². The van der Waals surface area contributed by atoms with Crippen LogP contribution in [-0.2, 0) is 16.0 Å². The molecule has 0 aromatic carbocycles. The Hall–Kier alpha value is -2.61. The van der Waals surface area contributed by atoms with Crippen LogP contribution in [0.2, 0.25) is 0 Å². The number of rotatable bonds is 7. The summed E-state index contributed by atoms with van der Waals surface area (Å²) in [6.45, 7) is 3.00. The molecular weight excluding hydrogens is 328 g/mol. The third kappa shape index (κ3) is 5.24. The summed E-state index contributed by atoms with van der Waals surface area (Å²) in [5.74, 6) is -0.778. The molecule has 2 aromatic heterocycles. The predicted octanol–water partition coefficient (Wildman–Crippen LogP) is 1.82. The van der Waals surface area contributed by atoms with Gasteiger partial charge in [-0.05, 0) is 25.5 Å². The Morgan fingerprint density at radius 1 is 1.29 bits per heavy atom. The number of anilines is 1. The Bertz CT molecular complexity index is 730. The van der Waals surface area contributed by atoms with Crippen molar-refractivity contribution in [2.24, 2.45) is 0 Å². The van der Waals surface area contributed by atoms with Gasteiger partial charge in [-0.15, -0.1) is 11.3 Å². The van der Waals surface area contributed by atoms with Crippen LogP contribution in [0.3, 0.4) is 0 Å². The second kappa shape index (κ2) is 8.30. The van der Waals surface area contributed by atoms with Crippen LogP contribution in [-0.4, -0.2) is 33.6 Å². The average Bonchev–Trinajstić information content (AvgIpc) is 3.02. The van der Waals surface area contributed by atoms with E-state index in [0.717, 1.165) is 5.69 Å². The maximum Gasteiger partial charge on any atom is 0.248 e. The largest absolute Gasteiger partial charge is 0.345 e. The lowest BCUT2D eigenvalue weighted by atomic mass is 10.2. The molecule has 0 bridgehead atoms. The number of aromatic nitrogens is 2. The fourth-order valence-corrected chi connectivity index (χ4v) is 2.63. The lowest BCUT2D eigenvalue weighted by molar-refractivity contribution is -0.126. The Morgan fingerprint density at radius 2 is 2.08 bits per heavy atom. The molecule has 8 heteroatoms. The Kier molecular flexibility index (Phi) is 6.14. The van der Waals surface area contributed by atoms with E-state index in [1.165, 1.54) is 18.3 Å². The number of Topliss-reactive ketones (excluding diaryl/α,β-unsaturated/α-hetero) is 1. The highest BCUT2D eigenvalue weighted by molar-refractivity contribution is 7.14. The highest BCUT2D eigenvalue weighted by Crippen LogP contribution is 2.15. The fraction of sp³-hybridized carbons (Fsp3) is 0.312. The van der Waals surface area contributed by atoms with Crippen LogP contribution >= 0.6 is 11.3 Å². The maximum atomic E-state index is 12.0. The number of ketones is 1. The second-order valence-corrected chi connectivity index (χ2v) is 6.05. The smallest absolute Gasteiger partial charge is 0.248 e. The minimum absolute atomic E-state index is 0.164. The van der Waals surface area contributed by atoms with Gasteiger partial charge >= 0.3 is 0 Å². The van der Waals surface area contributed by atoms with Crippen LogP contribution < -0.4 is 10.6 Å². The zero-order chi connectivity index (χ0) is 17.5. The van der Waals surface area contributed by atoms with E-state index in [4.69, 9.17) is 0 Å². The quantitative estimate of drug-likeness (QED) is 0.745. The lowest BCUT2D eigenvalue weighted by Crippen LogP contribution is -2.41. The van der Waals surface area contributed by atoms with E-state index in [9.17, 15) is 14.4 Å². The third-order valence-corrected chi connectivity index (χ3v) is 3.96.